The fourth-order valence-corrected chi connectivity index (χ4v) is 2.58. The predicted octanol–water partition coefficient (Wildman–Crippen LogP) is -0.555. The summed E-state index contributed by atoms with van der Waals surface area (Å²) in [5.74, 6) is -0.0354. The number of rotatable bonds is 7. The fraction of sp³-hybridized carbons (Fsp3) is 0.929. The third-order valence-electron chi connectivity index (χ3n) is 4.25. The van der Waals surface area contributed by atoms with E-state index in [0.717, 1.165) is 19.6 Å². The van der Waals surface area contributed by atoms with Crippen LogP contribution in [0.25, 0.3) is 0 Å². The summed E-state index contributed by atoms with van der Waals surface area (Å²) in [6, 6.07) is 0.627. The highest BCUT2D eigenvalue weighted by Crippen LogP contribution is 2.13. The summed E-state index contributed by atoms with van der Waals surface area (Å²) < 4.78 is 5.08. The molecule has 1 saturated heterocycles. The minimum Gasteiger partial charge on any atom is -0.370 e. The van der Waals surface area contributed by atoms with Crippen molar-refractivity contribution in [1.29, 1.82) is 0 Å². The summed E-state index contributed by atoms with van der Waals surface area (Å²) in [6.07, 6.45) is 1.89. The highest BCUT2D eigenvalue weighted by atomic mass is 16.5. The zero-order valence-corrected chi connectivity index (χ0v) is 13.3. The Balaban J connectivity index is 2.32. The molecule has 2 N–H and O–H groups in total. The third-order valence-corrected chi connectivity index (χ3v) is 4.25. The van der Waals surface area contributed by atoms with Gasteiger partial charge in [0.05, 0.1) is 0 Å². The molecule has 0 bridgehead atoms. The van der Waals surface area contributed by atoms with E-state index in [4.69, 9.17) is 10.5 Å². The molecule has 0 aromatic heterocycles. The molecule has 0 radical (unpaired) electrons. The average Bonchev–Trinajstić information content (AvgIpc) is 2.46. The van der Waals surface area contributed by atoms with Crippen molar-refractivity contribution in [1.82, 2.24) is 14.7 Å². The smallest absolute Gasteiger partial charge is 0.252 e. The van der Waals surface area contributed by atoms with Gasteiger partial charge in [0.2, 0.25) is 0 Å². The Hall–Kier alpha value is -0.690. The van der Waals surface area contributed by atoms with Crippen LogP contribution in [0.5, 0.6) is 0 Å². The Morgan fingerprint density at radius 2 is 1.95 bits per heavy atom. The van der Waals surface area contributed by atoms with Crippen molar-refractivity contribution in [3.8, 4) is 0 Å². The van der Waals surface area contributed by atoms with E-state index in [1.54, 1.807) is 4.90 Å². The van der Waals surface area contributed by atoms with Gasteiger partial charge in [-0.15, -0.1) is 0 Å². The van der Waals surface area contributed by atoms with E-state index >= 15 is 0 Å². The molecule has 20 heavy (non-hydrogen) atoms. The lowest BCUT2D eigenvalue weighted by molar-refractivity contribution is -0.140. The number of piperidine rings is 1. The summed E-state index contributed by atoms with van der Waals surface area (Å²) in [7, 11) is 7.64. The largest absolute Gasteiger partial charge is 0.370 e. The molecule has 0 aromatic rings. The number of hydrogen-bond donors (Lipinski definition) is 1. The van der Waals surface area contributed by atoms with Gasteiger partial charge in [-0.25, -0.2) is 0 Å². The number of carbonyl (C=O) groups is 1. The van der Waals surface area contributed by atoms with Crippen molar-refractivity contribution in [2.45, 2.75) is 25.0 Å². The molecule has 0 aromatic carbocycles. The first-order valence-corrected chi connectivity index (χ1v) is 7.36. The summed E-state index contributed by atoms with van der Waals surface area (Å²) in [4.78, 5) is 18.5. The highest BCUT2D eigenvalue weighted by molar-refractivity contribution is 5.80. The molecule has 0 saturated carbocycles. The van der Waals surface area contributed by atoms with Crippen LogP contribution < -0.4 is 5.73 Å². The van der Waals surface area contributed by atoms with Gasteiger partial charge in [0.15, 0.2) is 0 Å². The van der Waals surface area contributed by atoms with Gasteiger partial charge in [-0.05, 0) is 40.0 Å². The molecular formula is C14H30N4O2. The molecule has 1 amide bonds. The zero-order chi connectivity index (χ0) is 15.1. The molecule has 1 aliphatic heterocycles. The van der Waals surface area contributed by atoms with E-state index in [9.17, 15) is 4.79 Å². The Labute approximate surface area is 122 Å². The number of nitrogens with two attached hydrogens (primary N) is 1. The Kier molecular flexibility index (Phi) is 7.43. The standard InChI is InChI=1S/C14H30N4O2/c1-16-7-5-12(6-8-16)17(2)9-10-18(3)14(19)13(11-15)20-4/h12-13H,5-11,15H2,1-4H3. The third kappa shape index (κ3) is 5.01. The number of likely N-dealkylation sites (tertiary alicyclic amines) is 1. The first-order valence-electron chi connectivity index (χ1n) is 7.36. The highest BCUT2D eigenvalue weighted by Gasteiger charge is 2.23. The second-order valence-corrected chi connectivity index (χ2v) is 5.73. The van der Waals surface area contributed by atoms with Gasteiger partial charge in [0.1, 0.15) is 6.10 Å². The first kappa shape index (κ1) is 17.4. The van der Waals surface area contributed by atoms with Crippen LogP contribution >= 0.6 is 0 Å². The SMILES string of the molecule is COC(CN)C(=O)N(C)CCN(C)C1CCN(C)CC1. The van der Waals surface area contributed by atoms with Crippen molar-refractivity contribution < 1.29 is 9.53 Å². The van der Waals surface area contributed by atoms with Gasteiger partial charge < -0.3 is 25.2 Å². The molecule has 0 aliphatic carbocycles. The van der Waals surface area contributed by atoms with E-state index in [1.807, 2.05) is 7.05 Å². The minimum absolute atomic E-state index is 0.0354. The average molecular weight is 286 g/mol. The number of ether oxygens (including phenoxy) is 1. The molecule has 1 aliphatic rings. The number of nitrogens with zero attached hydrogens (tertiary/aromatic N) is 3. The van der Waals surface area contributed by atoms with E-state index in [0.29, 0.717) is 12.6 Å². The molecule has 6 heteroatoms. The van der Waals surface area contributed by atoms with Crippen molar-refractivity contribution in [3.05, 3.63) is 0 Å². The van der Waals surface area contributed by atoms with Crippen LogP contribution in [0.1, 0.15) is 12.8 Å². The Bertz CT molecular complexity index is 289. The quantitative estimate of drug-likeness (QED) is 0.680. The van der Waals surface area contributed by atoms with Gasteiger partial charge in [-0.2, -0.15) is 0 Å². The lowest BCUT2D eigenvalue weighted by atomic mass is 10.0. The molecule has 1 unspecified atom stereocenters. The van der Waals surface area contributed by atoms with Gasteiger partial charge in [-0.1, -0.05) is 0 Å². The van der Waals surface area contributed by atoms with E-state index < -0.39 is 6.10 Å². The van der Waals surface area contributed by atoms with Crippen molar-refractivity contribution in [2.75, 3.05) is 61.0 Å². The topological polar surface area (TPSA) is 62.0 Å². The van der Waals surface area contributed by atoms with Crippen LogP contribution in [0.3, 0.4) is 0 Å². The lowest BCUT2D eigenvalue weighted by Crippen LogP contribution is -2.47. The van der Waals surface area contributed by atoms with Crippen LogP contribution in [0, 0.1) is 0 Å². The molecule has 1 atom stereocenters. The normalized spacial score (nSPS) is 19.3. The van der Waals surface area contributed by atoms with Gasteiger partial charge in [0, 0.05) is 39.8 Å². The number of carbonyl (C=O) groups excluding carboxylic acids is 1. The number of methoxy groups -OCH3 is 1. The Morgan fingerprint density at radius 1 is 1.35 bits per heavy atom. The summed E-state index contributed by atoms with van der Waals surface area (Å²) in [6.45, 7) is 4.13. The lowest BCUT2D eigenvalue weighted by Gasteiger charge is -2.36. The summed E-state index contributed by atoms with van der Waals surface area (Å²) in [5.41, 5.74) is 5.52. The number of hydrogen-bond acceptors (Lipinski definition) is 5. The van der Waals surface area contributed by atoms with Crippen LogP contribution in [-0.2, 0) is 9.53 Å². The van der Waals surface area contributed by atoms with Gasteiger partial charge >= 0.3 is 0 Å². The first-order chi connectivity index (χ1) is 9.49. The molecule has 6 nitrogen and oxygen atoms in total. The van der Waals surface area contributed by atoms with Gasteiger partial charge in [-0.3, -0.25) is 4.79 Å². The monoisotopic (exact) mass is 286 g/mol. The van der Waals surface area contributed by atoms with Crippen molar-refractivity contribution in [2.24, 2.45) is 5.73 Å². The summed E-state index contributed by atoms with van der Waals surface area (Å²) in [5, 5.41) is 0. The molecule has 1 fully saturated rings. The maximum atomic E-state index is 12.0. The van der Waals surface area contributed by atoms with E-state index in [-0.39, 0.29) is 12.5 Å². The van der Waals surface area contributed by atoms with E-state index in [1.165, 1.54) is 20.0 Å². The second kappa shape index (κ2) is 8.56. The number of likely N-dealkylation sites (N-methyl/N-ethyl adjacent to an activating group) is 2. The van der Waals surface area contributed by atoms with Crippen molar-refractivity contribution >= 4 is 5.91 Å². The molecule has 1 rings (SSSR count). The molecule has 118 valence electrons. The molecule has 1 heterocycles. The fourth-order valence-electron chi connectivity index (χ4n) is 2.58. The predicted molar refractivity (Wildman–Crippen MR) is 80.6 cm³/mol. The maximum Gasteiger partial charge on any atom is 0.252 e. The molecule has 0 spiro atoms. The second-order valence-electron chi connectivity index (χ2n) is 5.73. The van der Waals surface area contributed by atoms with E-state index in [2.05, 4.69) is 23.9 Å². The maximum absolute atomic E-state index is 12.0. The summed E-state index contributed by atoms with van der Waals surface area (Å²) >= 11 is 0. The van der Waals surface area contributed by atoms with Crippen LogP contribution in [-0.4, -0.2) is 93.7 Å². The van der Waals surface area contributed by atoms with Crippen LogP contribution in [0.4, 0.5) is 0 Å². The van der Waals surface area contributed by atoms with Gasteiger partial charge in [0.25, 0.3) is 5.91 Å². The number of amides is 1. The zero-order valence-electron chi connectivity index (χ0n) is 13.3. The molecular weight excluding hydrogens is 256 g/mol. The van der Waals surface area contributed by atoms with Crippen LogP contribution in [0.2, 0.25) is 0 Å². The minimum atomic E-state index is -0.520. The van der Waals surface area contributed by atoms with Crippen LogP contribution in [0.15, 0.2) is 0 Å². The Morgan fingerprint density at radius 3 is 2.45 bits per heavy atom. The van der Waals surface area contributed by atoms with Crippen molar-refractivity contribution in [3.63, 3.8) is 0 Å².